The first-order chi connectivity index (χ1) is 8.22. The molecular formula is C11H14N4OS. The van der Waals surface area contributed by atoms with Gasteiger partial charge in [0.15, 0.2) is 5.69 Å². The number of hydrogen-bond acceptors (Lipinski definition) is 4. The average Bonchev–Trinajstić information content (AvgIpc) is 2.95. The van der Waals surface area contributed by atoms with Crippen molar-refractivity contribution in [2.24, 2.45) is 0 Å². The number of aromatic nitrogens is 2. The smallest absolute Gasteiger partial charge is 0.274 e. The molecule has 0 atom stereocenters. The lowest BCUT2D eigenvalue weighted by molar-refractivity contribution is 0.0947. The number of aryl methyl sites for hydroxylation is 1. The van der Waals surface area contributed by atoms with Gasteiger partial charge < -0.3 is 11.1 Å². The predicted molar refractivity (Wildman–Crippen MR) is 67.9 cm³/mol. The number of aromatic amines is 1. The molecule has 0 aliphatic carbocycles. The Kier molecular flexibility index (Phi) is 3.43. The maximum absolute atomic E-state index is 11.8. The molecule has 0 radical (unpaired) electrons. The molecule has 0 aromatic carbocycles. The number of nitrogen functional groups attached to an aromatic ring is 1. The minimum absolute atomic E-state index is 0.246. The zero-order chi connectivity index (χ0) is 12.3. The second-order valence-corrected chi connectivity index (χ2v) is 4.41. The molecule has 0 saturated heterocycles. The van der Waals surface area contributed by atoms with E-state index in [0.29, 0.717) is 12.2 Å². The summed E-state index contributed by atoms with van der Waals surface area (Å²) in [5.74, 6) is -0.246. The molecule has 0 aliphatic rings. The number of carbonyl (C=O) groups is 1. The molecule has 0 aliphatic heterocycles. The van der Waals surface area contributed by atoms with Crippen LogP contribution < -0.4 is 11.1 Å². The van der Waals surface area contributed by atoms with Crippen LogP contribution in [0, 0.1) is 0 Å². The van der Waals surface area contributed by atoms with Crippen molar-refractivity contribution in [2.45, 2.75) is 19.9 Å². The molecule has 6 heteroatoms. The molecule has 2 aromatic heterocycles. The van der Waals surface area contributed by atoms with E-state index in [1.807, 2.05) is 23.8 Å². The quantitative estimate of drug-likeness (QED) is 0.769. The van der Waals surface area contributed by atoms with Crippen molar-refractivity contribution in [3.8, 4) is 0 Å². The highest BCUT2D eigenvalue weighted by Gasteiger charge is 2.15. The van der Waals surface area contributed by atoms with Crippen LogP contribution in [-0.4, -0.2) is 16.1 Å². The summed E-state index contributed by atoms with van der Waals surface area (Å²) in [7, 11) is 0. The van der Waals surface area contributed by atoms with Gasteiger partial charge in [-0.2, -0.15) is 16.4 Å². The third kappa shape index (κ3) is 2.47. The molecule has 0 fully saturated rings. The van der Waals surface area contributed by atoms with Crippen LogP contribution in [0.25, 0.3) is 0 Å². The molecular weight excluding hydrogens is 236 g/mol. The second kappa shape index (κ2) is 5.01. The first kappa shape index (κ1) is 11.7. The van der Waals surface area contributed by atoms with Crippen LogP contribution in [0.2, 0.25) is 0 Å². The third-order valence-electron chi connectivity index (χ3n) is 2.48. The van der Waals surface area contributed by atoms with Crippen molar-refractivity contribution in [1.82, 2.24) is 15.5 Å². The fraction of sp³-hybridized carbons (Fsp3) is 0.273. The normalized spacial score (nSPS) is 10.4. The van der Waals surface area contributed by atoms with E-state index in [0.717, 1.165) is 17.7 Å². The maximum Gasteiger partial charge on any atom is 0.274 e. The number of carbonyl (C=O) groups excluding carboxylic acids is 1. The minimum Gasteiger partial charge on any atom is -0.395 e. The van der Waals surface area contributed by atoms with Gasteiger partial charge in [0.05, 0.1) is 11.4 Å². The van der Waals surface area contributed by atoms with Crippen molar-refractivity contribution in [2.75, 3.05) is 5.73 Å². The highest BCUT2D eigenvalue weighted by molar-refractivity contribution is 7.07. The van der Waals surface area contributed by atoms with Gasteiger partial charge in [0, 0.05) is 6.54 Å². The van der Waals surface area contributed by atoms with E-state index in [9.17, 15) is 4.79 Å². The molecule has 4 N–H and O–H groups in total. The van der Waals surface area contributed by atoms with E-state index < -0.39 is 0 Å². The fourth-order valence-corrected chi connectivity index (χ4v) is 2.16. The molecule has 2 aromatic rings. The van der Waals surface area contributed by atoms with Gasteiger partial charge in [-0.15, -0.1) is 0 Å². The number of amides is 1. The number of nitrogens with one attached hydrogen (secondary N) is 2. The highest BCUT2D eigenvalue weighted by atomic mass is 32.1. The first-order valence-corrected chi connectivity index (χ1v) is 6.28. The standard InChI is InChI=1S/C11H14N4OS/c1-2-8-9(12)10(15-14-8)11(16)13-5-7-3-4-17-6-7/h3-4,6H,2,5,12H2,1H3,(H,13,16)(H,14,15). The summed E-state index contributed by atoms with van der Waals surface area (Å²) in [6.07, 6.45) is 0.733. The predicted octanol–water partition coefficient (Wildman–Crippen LogP) is 1.55. The molecule has 0 saturated carbocycles. The van der Waals surface area contributed by atoms with Crippen molar-refractivity contribution >= 4 is 22.9 Å². The summed E-state index contributed by atoms with van der Waals surface area (Å²) in [6.45, 7) is 2.45. The van der Waals surface area contributed by atoms with Gasteiger partial charge in [-0.1, -0.05) is 6.92 Å². The zero-order valence-corrected chi connectivity index (χ0v) is 10.3. The molecule has 0 spiro atoms. The number of anilines is 1. The number of thiophene rings is 1. The topological polar surface area (TPSA) is 83.8 Å². The summed E-state index contributed by atoms with van der Waals surface area (Å²) < 4.78 is 0. The van der Waals surface area contributed by atoms with E-state index in [1.165, 1.54) is 0 Å². The Labute approximate surface area is 103 Å². The van der Waals surface area contributed by atoms with Crippen LogP contribution in [-0.2, 0) is 13.0 Å². The van der Waals surface area contributed by atoms with Crippen molar-refractivity contribution < 1.29 is 4.79 Å². The molecule has 17 heavy (non-hydrogen) atoms. The fourth-order valence-electron chi connectivity index (χ4n) is 1.49. The van der Waals surface area contributed by atoms with Crippen LogP contribution in [0.3, 0.4) is 0 Å². The lowest BCUT2D eigenvalue weighted by Gasteiger charge is -2.02. The van der Waals surface area contributed by atoms with E-state index in [-0.39, 0.29) is 11.6 Å². The van der Waals surface area contributed by atoms with Gasteiger partial charge in [-0.3, -0.25) is 9.89 Å². The van der Waals surface area contributed by atoms with Crippen LogP contribution >= 0.6 is 11.3 Å². The van der Waals surface area contributed by atoms with Crippen LogP contribution in [0.5, 0.6) is 0 Å². The van der Waals surface area contributed by atoms with Crippen molar-refractivity contribution in [1.29, 1.82) is 0 Å². The number of nitrogens with two attached hydrogens (primary N) is 1. The summed E-state index contributed by atoms with van der Waals surface area (Å²) in [6, 6.07) is 1.97. The van der Waals surface area contributed by atoms with Gasteiger partial charge >= 0.3 is 0 Å². The zero-order valence-electron chi connectivity index (χ0n) is 9.49. The first-order valence-electron chi connectivity index (χ1n) is 5.34. The van der Waals surface area contributed by atoms with Gasteiger partial charge in [-0.25, -0.2) is 0 Å². The summed E-state index contributed by atoms with van der Waals surface area (Å²) in [5.41, 5.74) is 8.40. The Morgan fingerprint density at radius 1 is 1.65 bits per heavy atom. The van der Waals surface area contributed by atoms with Gasteiger partial charge in [0.2, 0.25) is 0 Å². The summed E-state index contributed by atoms with van der Waals surface area (Å²) in [5, 5.41) is 13.4. The SMILES string of the molecule is CCc1[nH]nc(C(=O)NCc2ccsc2)c1N. The number of rotatable bonds is 4. The Hall–Kier alpha value is -1.82. The van der Waals surface area contributed by atoms with E-state index >= 15 is 0 Å². The lowest BCUT2D eigenvalue weighted by atomic mass is 10.2. The number of hydrogen-bond donors (Lipinski definition) is 3. The van der Waals surface area contributed by atoms with Crippen molar-refractivity contribution in [3.63, 3.8) is 0 Å². The second-order valence-electron chi connectivity index (χ2n) is 3.63. The Bertz CT molecular complexity index is 504. The molecule has 5 nitrogen and oxygen atoms in total. The Balaban J connectivity index is 2.02. The van der Waals surface area contributed by atoms with E-state index in [1.54, 1.807) is 11.3 Å². The summed E-state index contributed by atoms with van der Waals surface area (Å²) in [4.78, 5) is 11.8. The molecule has 2 heterocycles. The van der Waals surface area contributed by atoms with Gasteiger partial charge in [0.1, 0.15) is 0 Å². The monoisotopic (exact) mass is 250 g/mol. The van der Waals surface area contributed by atoms with Crippen LogP contribution in [0.1, 0.15) is 28.7 Å². The third-order valence-corrected chi connectivity index (χ3v) is 3.22. The van der Waals surface area contributed by atoms with Gasteiger partial charge in [0.25, 0.3) is 5.91 Å². The van der Waals surface area contributed by atoms with E-state index in [4.69, 9.17) is 5.73 Å². The van der Waals surface area contributed by atoms with Crippen LogP contribution in [0.4, 0.5) is 5.69 Å². The van der Waals surface area contributed by atoms with E-state index in [2.05, 4.69) is 15.5 Å². The molecule has 0 bridgehead atoms. The largest absolute Gasteiger partial charge is 0.395 e. The molecule has 2 rings (SSSR count). The summed E-state index contributed by atoms with van der Waals surface area (Å²) >= 11 is 1.60. The highest BCUT2D eigenvalue weighted by Crippen LogP contribution is 2.14. The van der Waals surface area contributed by atoms with Crippen LogP contribution in [0.15, 0.2) is 16.8 Å². The van der Waals surface area contributed by atoms with Gasteiger partial charge in [-0.05, 0) is 28.8 Å². The number of H-pyrrole nitrogens is 1. The minimum atomic E-state index is -0.246. The number of nitrogens with zero attached hydrogens (tertiary/aromatic N) is 1. The average molecular weight is 250 g/mol. The molecule has 1 amide bonds. The van der Waals surface area contributed by atoms with Crippen molar-refractivity contribution in [3.05, 3.63) is 33.8 Å². The molecule has 0 unspecified atom stereocenters. The Morgan fingerprint density at radius 3 is 3.06 bits per heavy atom. The lowest BCUT2D eigenvalue weighted by Crippen LogP contribution is -2.23. The Morgan fingerprint density at radius 2 is 2.47 bits per heavy atom. The maximum atomic E-state index is 11.8. The molecule has 90 valence electrons.